The molecule has 72 heavy (non-hydrogen) atoms. The molecule has 4 aliphatic heterocycles. The summed E-state index contributed by atoms with van der Waals surface area (Å²) in [5.41, 5.74) is 2.76. The second-order valence-electron chi connectivity index (χ2n) is 21.2. The van der Waals surface area contributed by atoms with Gasteiger partial charge in [-0.05, 0) is 118 Å². The first-order valence-electron chi connectivity index (χ1n) is 26.7. The summed E-state index contributed by atoms with van der Waals surface area (Å²) < 4.78 is 21.7. The van der Waals surface area contributed by atoms with Gasteiger partial charge in [-0.25, -0.2) is 9.49 Å². The van der Waals surface area contributed by atoms with Gasteiger partial charge in [-0.3, -0.25) is 33.7 Å². The van der Waals surface area contributed by atoms with Gasteiger partial charge in [-0.15, -0.1) is 0 Å². The minimum Gasteiger partial charge on any atom is -0.375 e. The van der Waals surface area contributed by atoms with Gasteiger partial charge in [0, 0.05) is 88.7 Å². The second-order valence-corrected chi connectivity index (χ2v) is 21.2. The van der Waals surface area contributed by atoms with Gasteiger partial charge in [-0.2, -0.15) is 5.10 Å². The average Bonchev–Trinajstić information content (AvgIpc) is 4.28. The van der Waals surface area contributed by atoms with Gasteiger partial charge in [0.15, 0.2) is 0 Å². The fourth-order valence-electron chi connectivity index (χ4n) is 11.9. The summed E-state index contributed by atoms with van der Waals surface area (Å²) in [6.07, 6.45) is 12.6. The highest BCUT2D eigenvalue weighted by Crippen LogP contribution is 2.35. The number of nitrogens with zero attached hydrogens (tertiary/aromatic N) is 6. The van der Waals surface area contributed by atoms with Crippen molar-refractivity contribution >= 4 is 40.3 Å². The first-order chi connectivity index (χ1) is 35.0. The molecule has 15 nitrogen and oxygen atoms in total. The SMILES string of the molecule is O=C(N[C@@H](C(=O)N1CCC(OC2CCN(CC(=O)N3CCN(C(=O)c4cc(Cc5n[nH]c(=O)c6ccccc56)ccc4F)CC3)CC2)CC1)C1CCCCC1)c1ccc(C2CCN(C(=O)C3CC3)CC2)cc1. The van der Waals surface area contributed by atoms with Gasteiger partial charge in [0.25, 0.3) is 17.4 Å². The number of aromatic amines is 1. The highest BCUT2D eigenvalue weighted by atomic mass is 19.1. The maximum Gasteiger partial charge on any atom is 0.272 e. The lowest BCUT2D eigenvalue weighted by Gasteiger charge is -2.40. The van der Waals surface area contributed by atoms with E-state index in [-0.39, 0.29) is 52.9 Å². The maximum absolute atomic E-state index is 15.1. The van der Waals surface area contributed by atoms with Gasteiger partial charge >= 0.3 is 0 Å². The molecular formula is C56H69FN8O7. The second kappa shape index (κ2) is 22.4. The summed E-state index contributed by atoms with van der Waals surface area (Å²) in [5, 5.41) is 11.2. The zero-order valence-electron chi connectivity index (χ0n) is 41.4. The number of fused-ring (bicyclic) bond motifs is 1. The van der Waals surface area contributed by atoms with E-state index in [1.165, 1.54) is 11.6 Å². The van der Waals surface area contributed by atoms with E-state index < -0.39 is 17.8 Å². The molecule has 0 unspecified atom stereocenters. The van der Waals surface area contributed by atoms with Gasteiger partial charge < -0.3 is 29.7 Å². The van der Waals surface area contributed by atoms with E-state index >= 15 is 4.39 Å². The largest absolute Gasteiger partial charge is 0.375 e. The molecule has 4 saturated heterocycles. The number of nitrogens with one attached hydrogen (secondary N) is 2. The van der Waals surface area contributed by atoms with Crippen LogP contribution in [0.25, 0.3) is 10.8 Å². The number of H-pyrrole nitrogens is 1. The van der Waals surface area contributed by atoms with Crippen LogP contribution in [0.15, 0.2) is 71.5 Å². The molecule has 2 saturated carbocycles. The minimum absolute atomic E-state index is 0.00935. The molecule has 2 aliphatic carbocycles. The zero-order chi connectivity index (χ0) is 49.7. The van der Waals surface area contributed by atoms with Crippen LogP contribution in [-0.4, -0.2) is 154 Å². The Balaban J connectivity index is 0.645. The van der Waals surface area contributed by atoms with Gasteiger partial charge in [0.1, 0.15) is 11.9 Å². The molecule has 6 fully saturated rings. The number of carbonyl (C=O) groups excluding carboxylic acids is 5. The van der Waals surface area contributed by atoms with Gasteiger partial charge in [-0.1, -0.05) is 55.7 Å². The Morgan fingerprint density at radius 1 is 0.681 bits per heavy atom. The minimum atomic E-state index is -0.611. The first kappa shape index (κ1) is 49.6. The van der Waals surface area contributed by atoms with Crippen LogP contribution in [-0.2, 0) is 25.5 Å². The third-order valence-corrected chi connectivity index (χ3v) is 16.4. The Morgan fingerprint density at radius 2 is 1.32 bits per heavy atom. The zero-order valence-corrected chi connectivity index (χ0v) is 41.4. The highest BCUT2D eigenvalue weighted by molar-refractivity contribution is 5.98. The number of amides is 5. The Morgan fingerprint density at radius 3 is 2.00 bits per heavy atom. The molecule has 382 valence electrons. The number of piperidine rings is 3. The molecule has 6 aliphatic rings. The molecule has 16 heteroatoms. The molecule has 1 aromatic heterocycles. The average molecular weight is 985 g/mol. The normalized spacial score (nSPS) is 20.7. The van der Waals surface area contributed by atoms with Crippen LogP contribution in [0.3, 0.4) is 0 Å². The van der Waals surface area contributed by atoms with Crippen molar-refractivity contribution < 1.29 is 33.1 Å². The summed E-state index contributed by atoms with van der Waals surface area (Å²) >= 11 is 0. The van der Waals surface area contributed by atoms with Crippen LogP contribution in [0.4, 0.5) is 4.39 Å². The summed E-state index contributed by atoms with van der Waals surface area (Å²) in [5.74, 6) is -0.165. The lowest BCUT2D eigenvalue weighted by Crippen LogP contribution is -2.55. The van der Waals surface area contributed by atoms with Crippen molar-refractivity contribution in [3.05, 3.63) is 111 Å². The molecule has 5 amide bonds. The Bertz CT molecular complexity index is 2650. The topological polar surface area (TPSA) is 169 Å². The van der Waals surface area contributed by atoms with Crippen molar-refractivity contribution in [3.63, 3.8) is 0 Å². The molecule has 0 bridgehead atoms. The molecule has 0 radical (unpaired) electrons. The van der Waals surface area contributed by atoms with E-state index in [1.807, 2.05) is 46.2 Å². The Kier molecular flexibility index (Phi) is 15.4. The van der Waals surface area contributed by atoms with Crippen LogP contribution in [0, 0.1) is 17.7 Å². The van der Waals surface area contributed by atoms with Crippen LogP contribution in [0.1, 0.15) is 127 Å². The van der Waals surface area contributed by atoms with Crippen LogP contribution < -0.4 is 10.9 Å². The standard InChI is InChI=1S/C56H69FN8O7/c57-48-17-10-37(35-49-45-8-4-5-9-46(45)53(68)60-59-49)34-47(48)55(70)65-32-30-62(31-33-65)50(66)36-61-24-20-43(21-25-61)72-44-22-28-64(29-23-44)56(71)51(40-6-2-1-3-7-40)58-52(67)41-13-11-38(12-14-41)39-18-26-63(27-19-39)54(69)42-15-16-42/h4-5,8-14,17,34,39-40,42-44,51H,1-3,6-7,15-16,18-33,35-36H2,(H,58,67)(H,60,68)/t51-/m1/s1. The van der Waals surface area contributed by atoms with Gasteiger partial charge in [0.2, 0.25) is 17.7 Å². The smallest absolute Gasteiger partial charge is 0.272 e. The van der Waals surface area contributed by atoms with Crippen molar-refractivity contribution in [2.75, 3.05) is 72.0 Å². The van der Waals surface area contributed by atoms with Crippen molar-refractivity contribution in [2.45, 2.75) is 114 Å². The quantitative estimate of drug-likeness (QED) is 0.166. The molecule has 2 N–H and O–H groups in total. The highest BCUT2D eigenvalue weighted by Gasteiger charge is 2.38. The fraction of sp³-hybridized carbons (Fsp3) is 0.554. The van der Waals surface area contributed by atoms with Crippen molar-refractivity contribution in [1.82, 2.24) is 40.0 Å². The molecule has 0 spiro atoms. The van der Waals surface area contributed by atoms with Crippen LogP contribution in [0.2, 0.25) is 0 Å². The number of ether oxygens (including phenoxy) is 1. The van der Waals surface area contributed by atoms with E-state index in [1.54, 1.807) is 34.1 Å². The number of benzene rings is 3. The third kappa shape index (κ3) is 11.6. The van der Waals surface area contributed by atoms with Crippen molar-refractivity contribution in [3.8, 4) is 0 Å². The van der Waals surface area contributed by atoms with Crippen molar-refractivity contribution in [1.29, 1.82) is 0 Å². The van der Waals surface area contributed by atoms with E-state index in [2.05, 4.69) is 20.4 Å². The molecule has 4 aromatic rings. The van der Waals surface area contributed by atoms with Crippen LogP contribution >= 0.6 is 0 Å². The lowest BCUT2D eigenvalue weighted by atomic mass is 9.83. The summed E-state index contributed by atoms with van der Waals surface area (Å²) in [6, 6.07) is 18.9. The number of likely N-dealkylation sites (tertiary alicyclic amines) is 3. The summed E-state index contributed by atoms with van der Waals surface area (Å²) in [6.45, 7) is 5.86. The number of halogens is 1. The Hall–Kier alpha value is -6.00. The first-order valence-corrected chi connectivity index (χ1v) is 26.7. The van der Waals surface area contributed by atoms with E-state index in [4.69, 9.17) is 4.74 Å². The number of piperazine rings is 1. The number of carbonyl (C=O) groups is 5. The number of hydrogen-bond acceptors (Lipinski definition) is 9. The van der Waals surface area contributed by atoms with E-state index in [9.17, 15) is 28.8 Å². The number of hydrogen-bond donors (Lipinski definition) is 2. The maximum atomic E-state index is 15.1. The fourth-order valence-corrected chi connectivity index (χ4v) is 11.9. The molecular weight excluding hydrogens is 916 g/mol. The van der Waals surface area contributed by atoms with E-state index in [0.717, 1.165) is 110 Å². The van der Waals surface area contributed by atoms with Crippen molar-refractivity contribution in [2.24, 2.45) is 11.8 Å². The van der Waals surface area contributed by atoms with Gasteiger partial charge in [0.05, 0.1) is 35.4 Å². The predicted octanol–water partition coefficient (Wildman–Crippen LogP) is 5.90. The number of aromatic nitrogens is 2. The summed E-state index contributed by atoms with van der Waals surface area (Å²) in [4.78, 5) is 89.4. The molecule has 1 atom stereocenters. The van der Waals surface area contributed by atoms with Crippen LogP contribution in [0.5, 0.6) is 0 Å². The molecule has 10 rings (SSSR count). The summed E-state index contributed by atoms with van der Waals surface area (Å²) in [7, 11) is 0. The third-order valence-electron chi connectivity index (χ3n) is 16.4. The molecule has 5 heterocycles. The van der Waals surface area contributed by atoms with E-state index in [0.29, 0.717) is 91.7 Å². The molecule has 3 aromatic carbocycles. The Labute approximate surface area is 420 Å². The lowest BCUT2D eigenvalue weighted by molar-refractivity contribution is -0.140. The number of rotatable bonds is 13. The predicted molar refractivity (Wildman–Crippen MR) is 270 cm³/mol. The monoisotopic (exact) mass is 985 g/mol.